The molecule has 0 unspecified atom stereocenters. The Bertz CT molecular complexity index is 1040. The molecule has 1 heterocycles. The molecule has 0 aliphatic heterocycles. The van der Waals surface area contributed by atoms with Crippen molar-refractivity contribution in [2.24, 2.45) is 0 Å². The van der Waals surface area contributed by atoms with Crippen molar-refractivity contribution in [3.8, 4) is 17.0 Å². The van der Waals surface area contributed by atoms with Gasteiger partial charge < -0.3 is 9.26 Å². The second-order valence-corrected chi connectivity index (χ2v) is 8.24. The molecular weight excluding hydrogens is 376 g/mol. The van der Waals surface area contributed by atoms with Crippen LogP contribution in [-0.2, 0) is 16.6 Å². The van der Waals surface area contributed by atoms with Crippen LogP contribution in [0.1, 0.15) is 11.3 Å². The number of sulfonamides is 1. The Morgan fingerprint density at radius 2 is 1.82 bits per heavy atom. The van der Waals surface area contributed by atoms with Gasteiger partial charge in [0, 0.05) is 18.2 Å². The van der Waals surface area contributed by atoms with Gasteiger partial charge in [0.2, 0.25) is 10.0 Å². The summed E-state index contributed by atoms with van der Waals surface area (Å²) in [5.74, 6) is 1.04. The van der Waals surface area contributed by atoms with Crippen molar-refractivity contribution in [3.05, 3.63) is 78.6 Å². The minimum absolute atomic E-state index is 0.0548. The van der Waals surface area contributed by atoms with Crippen LogP contribution in [0.4, 0.5) is 0 Å². The summed E-state index contributed by atoms with van der Waals surface area (Å²) in [5.41, 5.74) is 2.72. The van der Waals surface area contributed by atoms with Gasteiger partial charge in [0.1, 0.15) is 11.4 Å². The fourth-order valence-electron chi connectivity index (χ4n) is 2.71. The lowest BCUT2D eigenvalue weighted by Gasteiger charge is -2.19. The second kappa shape index (κ2) is 8.41. The zero-order valence-electron chi connectivity index (χ0n) is 15.8. The maximum Gasteiger partial charge on any atom is 0.243 e. The fourth-order valence-corrected chi connectivity index (χ4v) is 4.09. The molecule has 0 aliphatic rings. The first-order chi connectivity index (χ1) is 13.4. The molecule has 0 fully saturated rings. The molecule has 0 spiro atoms. The lowest BCUT2D eigenvalue weighted by molar-refractivity contribution is 0.334. The van der Waals surface area contributed by atoms with Gasteiger partial charge >= 0.3 is 0 Å². The van der Waals surface area contributed by atoms with Crippen LogP contribution in [0.15, 0.2) is 76.7 Å². The number of methoxy groups -OCH3 is 1. The van der Waals surface area contributed by atoms with E-state index in [1.54, 1.807) is 24.3 Å². The van der Waals surface area contributed by atoms with Crippen LogP contribution < -0.4 is 4.74 Å². The molecule has 0 saturated carbocycles. The Morgan fingerprint density at radius 3 is 2.43 bits per heavy atom. The van der Waals surface area contributed by atoms with Crippen LogP contribution in [0.5, 0.6) is 5.75 Å². The summed E-state index contributed by atoms with van der Waals surface area (Å²) in [4.78, 5) is 0.174. The first-order valence-corrected chi connectivity index (χ1v) is 10.2. The first-order valence-electron chi connectivity index (χ1n) is 8.72. The van der Waals surface area contributed by atoms with Crippen molar-refractivity contribution in [2.75, 3.05) is 13.7 Å². The molecule has 28 heavy (non-hydrogen) atoms. The van der Waals surface area contributed by atoms with Gasteiger partial charge in [-0.15, -0.1) is 6.58 Å². The van der Waals surface area contributed by atoms with Crippen LogP contribution in [0.3, 0.4) is 0 Å². The normalized spacial score (nSPS) is 11.5. The molecule has 3 aromatic rings. The predicted octanol–water partition coefficient (Wildman–Crippen LogP) is 4.04. The Balaban J connectivity index is 1.84. The smallest absolute Gasteiger partial charge is 0.243 e. The molecule has 6 nitrogen and oxygen atoms in total. The molecule has 7 heteroatoms. The molecule has 0 atom stereocenters. The molecule has 0 amide bonds. The minimum atomic E-state index is -3.73. The molecule has 0 aliphatic carbocycles. The van der Waals surface area contributed by atoms with Gasteiger partial charge in [-0.25, -0.2) is 8.42 Å². The van der Waals surface area contributed by atoms with Crippen molar-refractivity contribution < 1.29 is 17.7 Å². The summed E-state index contributed by atoms with van der Waals surface area (Å²) in [7, 11) is -2.20. The van der Waals surface area contributed by atoms with Gasteiger partial charge in [-0.1, -0.05) is 41.1 Å². The van der Waals surface area contributed by atoms with Crippen molar-refractivity contribution >= 4 is 10.0 Å². The average Bonchev–Trinajstić information content (AvgIpc) is 3.17. The van der Waals surface area contributed by atoms with Gasteiger partial charge in [0.05, 0.1) is 18.6 Å². The molecule has 0 radical (unpaired) electrons. The topological polar surface area (TPSA) is 72.6 Å². The molecule has 3 rings (SSSR count). The number of hydrogen-bond acceptors (Lipinski definition) is 5. The van der Waals surface area contributed by atoms with Crippen LogP contribution in [0.25, 0.3) is 11.3 Å². The van der Waals surface area contributed by atoms with Gasteiger partial charge in [-0.2, -0.15) is 4.31 Å². The largest absolute Gasteiger partial charge is 0.497 e. The summed E-state index contributed by atoms with van der Waals surface area (Å²) in [6.45, 7) is 5.88. The number of nitrogens with zero attached hydrogens (tertiary/aromatic N) is 2. The van der Waals surface area contributed by atoms with Gasteiger partial charge in [-0.3, -0.25) is 0 Å². The van der Waals surface area contributed by atoms with E-state index in [1.165, 1.54) is 23.5 Å². The molecule has 0 bridgehead atoms. The third-order valence-electron chi connectivity index (χ3n) is 4.27. The lowest BCUT2D eigenvalue weighted by atomic mass is 10.1. The molecular formula is C21H22N2O4S. The average molecular weight is 398 g/mol. The molecule has 146 valence electrons. The van der Waals surface area contributed by atoms with E-state index in [4.69, 9.17) is 9.26 Å². The maximum atomic E-state index is 13.0. The standard InChI is InChI=1S/C21H22N2O4S/c1-4-13-23(28(24,25)20-11-9-18(26-3)10-12-20)15-19-14-21(22-27-19)17-7-5-16(2)6-8-17/h4-12,14H,1,13,15H2,2-3H3. The quantitative estimate of drug-likeness (QED) is 0.536. The van der Waals surface area contributed by atoms with Gasteiger partial charge in [0.25, 0.3) is 0 Å². The van der Waals surface area contributed by atoms with E-state index in [-0.39, 0.29) is 18.0 Å². The third kappa shape index (κ3) is 4.32. The van der Waals surface area contributed by atoms with Crippen LogP contribution in [0.2, 0.25) is 0 Å². The van der Waals surface area contributed by atoms with E-state index in [0.29, 0.717) is 17.2 Å². The van der Waals surface area contributed by atoms with Gasteiger partial charge in [-0.05, 0) is 31.2 Å². The monoisotopic (exact) mass is 398 g/mol. The molecule has 0 saturated heterocycles. The number of hydrogen-bond donors (Lipinski definition) is 0. The SMILES string of the molecule is C=CCN(Cc1cc(-c2ccc(C)cc2)no1)S(=O)(=O)c1ccc(OC)cc1. The van der Waals surface area contributed by atoms with E-state index in [2.05, 4.69) is 11.7 Å². The summed E-state index contributed by atoms with van der Waals surface area (Å²) in [6.07, 6.45) is 1.54. The van der Waals surface area contributed by atoms with Crippen LogP contribution in [-0.4, -0.2) is 31.5 Å². The van der Waals surface area contributed by atoms with Crippen LogP contribution >= 0.6 is 0 Å². The minimum Gasteiger partial charge on any atom is -0.497 e. The fraction of sp³-hybridized carbons (Fsp3) is 0.190. The molecule has 1 aromatic heterocycles. The van der Waals surface area contributed by atoms with E-state index in [1.807, 2.05) is 31.2 Å². The number of ether oxygens (including phenoxy) is 1. The van der Waals surface area contributed by atoms with Crippen LogP contribution in [0, 0.1) is 6.92 Å². The maximum absolute atomic E-state index is 13.0. The Morgan fingerprint density at radius 1 is 1.14 bits per heavy atom. The molecule has 0 N–H and O–H groups in total. The van der Waals surface area contributed by atoms with Gasteiger partial charge in [0.15, 0.2) is 5.76 Å². The Hall–Kier alpha value is -2.90. The summed E-state index contributed by atoms with van der Waals surface area (Å²) >= 11 is 0. The van der Waals surface area contributed by atoms with Crippen molar-refractivity contribution in [3.63, 3.8) is 0 Å². The Labute approximate surface area is 165 Å². The zero-order chi connectivity index (χ0) is 20.1. The second-order valence-electron chi connectivity index (χ2n) is 6.31. The highest BCUT2D eigenvalue weighted by molar-refractivity contribution is 7.89. The summed E-state index contributed by atoms with van der Waals surface area (Å²) in [5, 5.41) is 4.07. The van der Waals surface area contributed by atoms with Crippen molar-refractivity contribution in [1.29, 1.82) is 0 Å². The zero-order valence-corrected chi connectivity index (χ0v) is 16.6. The summed E-state index contributed by atoms with van der Waals surface area (Å²) in [6, 6.07) is 15.9. The number of aryl methyl sites for hydroxylation is 1. The summed E-state index contributed by atoms with van der Waals surface area (Å²) < 4.78 is 37.8. The highest BCUT2D eigenvalue weighted by atomic mass is 32.2. The lowest BCUT2D eigenvalue weighted by Crippen LogP contribution is -2.30. The first kappa shape index (κ1) is 19.9. The molecule has 2 aromatic carbocycles. The highest BCUT2D eigenvalue weighted by Gasteiger charge is 2.25. The van der Waals surface area contributed by atoms with E-state index >= 15 is 0 Å². The van der Waals surface area contributed by atoms with Crippen molar-refractivity contribution in [2.45, 2.75) is 18.4 Å². The van der Waals surface area contributed by atoms with Crippen molar-refractivity contribution in [1.82, 2.24) is 9.46 Å². The van der Waals surface area contributed by atoms with E-state index in [0.717, 1.165) is 11.1 Å². The van der Waals surface area contributed by atoms with E-state index < -0.39 is 10.0 Å². The number of rotatable bonds is 8. The Kier molecular flexibility index (Phi) is 5.96. The third-order valence-corrected chi connectivity index (χ3v) is 6.09. The van der Waals surface area contributed by atoms with E-state index in [9.17, 15) is 8.42 Å². The highest BCUT2D eigenvalue weighted by Crippen LogP contribution is 2.24. The number of aromatic nitrogens is 1. The predicted molar refractivity (Wildman–Crippen MR) is 107 cm³/mol. The number of benzene rings is 2.